The van der Waals surface area contributed by atoms with Gasteiger partial charge in [0.15, 0.2) is 8.07 Å². The molecule has 0 saturated carbocycles. The third kappa shape index (κ3) is 9.18. The van der Waals surface area contributed by atoms with Gasteiger partial charge in [-0.15, -0.1) is 0 Å². The highest BCUT2D eigenvalue weighted by molar-refractivity contribution is 7.10. The standard InChI is InChI=1S/C30H36N2Si.C18H15B/c1-24(2)18-26-10-8-14-29(20-26)33(23-32-17-16-31-22-32,28-12-6-5-7-13-28)30-15-9-11-27(21-30)19-25(3)4;1-4-10-16(11-5-1)19(17-12-6-2-7-13-17)18-14-8-3-9-15-18/h5-17,20-22,24-25H,18-19,23H2,1-4H3;1-15H. The average molecular weight is 695 g/mol. The zero-order chi connectivity index (χ0) is 36.2. The Balaban J connectivity index is 0.000000206. The lowest BCUT2D eigenvalue weighted by Gasteiger charge is -2.35. The van der Waals surface area contributed by atoms with Gasteiger partial charge in [-0.3, -0.25) is 0 Å². The second-order valence-corrected chi connectivity index (χ2v) is 18.6. The summed E-state index contributed by atoms with van der Waals surface area (Å²) in [5.74, 6) is 1.27. The number of benzene rings is 6. The van der Waals surface area contributed by atoms with Gasteiger partial charge in [0.25, 0.3) is 0 Å². The molecule has 7 rings (SSSR count). The molecule has 0 aliphatic heterocycles. The molecule has 0 unspecified atom stereocenters. The summed E-state index contributed by atoms with van der Waals surface area (Å²) in [7, 11) is -2.37. The predicted octanol–water partition coefficient (Wildman–Crippen LogP) is 7.19. The van der Waals surface area contributed by atoms with Gasteiger partial charge in [0, 0.05) is 18.6 Å². The summed E-state index contributed by atoms with van der Waals surface area (Å²) in [6.07, 6.45) is 9.13. The quantitative estimate of drug-likeness (QED) is 0.0979. The Morgan fingerprint density at radius 1 is 0.500 bits per heavy atom. The first-order chi connectivity index (χ1) is 25.4. The molecule has 0 saturated heterocycles. The van der Waals surface area contributed by atoms with E-state index in [9.17, 15) is 0 Å². The fourth-order valence-electron chi connectivity index (χ4n) is 7.53. The summed E-state index contributed by atoms with van der Waals surface area (Å²) in [5, 5.41) is 4.39. The van der Waals surface area contributed by atoms with Gasteiger partial charge in [0.05, 0.1) is 6.33 Å². The first-order valence-corrected chi connectivity index (χ1v) is 21.0. The van der Waals surface area contributed by atoms with E-state index in [-0.39, 0.29) is 0 Å². The van der Waals surface area contributed by atoms with Crippen LogP contribution in [0.15, 0.2) is 189 Å². The zero-order valence-corrected chi connectivity index (χ0v) is 32.1. The van der Waals surface area contributed by atoms with Crippen LogP contribution >= 0.6 is 0 Å². The molecule has 0 bridgehead atoms. The van der Waals surface area contributed by atoms with Crippen molar-refractivity contribution in [3.05, 3.63) is 200 Å². The van der Waals surface area contributed by atoms with Crippen molar-refractivity contribution in [2.24, 2.45) is 11.8 Å². The molecule has 0 radical (unpaired) electrons. The number of nitrogens with zero attached hydrogens (tertiary/aromatic N) is 2. The molecule has 0 atom stereocenters. The first-order valence-electron chi connectivity index (χ1n) is 18.8. The van der Waals surface area contributed by atoms with Crippen LogP contribution in [-0.4, -0.2) is 24.3 Å². The highest BCUT2D eigenvalue weighted by Gasteiger charge is 2.40. The minimum Gasteiger partial charge on any atom is -0.339 e. The highest BCUT2D eigenvalue weighted by atomic mass is 28.3. The van der Waals surface area contributed by atoms with Crippen molar-refractivity contribution in [2.45, 2.75) is 46.7 Å². The molecule has 6 aromatic carbocycles. The average Bonchev–Trinajstić information content (AvgIpc) is 3.69. The van der Waals surface area contributed by atoms with E-state index in [0.717, 1.165) is 19.0 Å². The van der Waals surface area contributed by atoms with Gasteiger partial charge in [-0.05, 0) is 51.4 Å². The van der Waals surface area contributed by atoms with E-state index in [1.54, 1.807) is 0 Å². The van der Waals surface area contributed by atoms with Crippen LogP contribution in [0.3, 0.4) is 0 Å². The molecule has 0 N–H and O–H groups in total. The van der Waals surface area contributed by atoms with Gasteiger partial charge in [-0.25, -0.2) is 4.98 Å². The predicted molar refractivity (Wildman–Crippen MR) is 227 cm³/mol. The number of imidazole rings is 1. The summed E-state index contributed by atoms with van der Waals surface area (Å²) in [6, 6.07) is 62.1. The largest absolute Gasteiger partial charge is 0.339 e. The van der Waals surface area contributed by atoms with Crippen molar-refractivity contribution >= 4 is 46.7 Å². The molecule has 260 valence electrons. The molecule has 0 spiro atoms. The number of hydrogen-bond donors (Lipinski definition) is 0. The van der Waals surface area contributed by atoms with E-state index in [4.69, 9.17) is 0 Å². The topological polar surface area (TPSA) is 17.8 Å². The van der Waals surface area contributed by atoms with E-state index in [2.05, 4.69) is 213 Å². The maximum Gasteiger partial charge on any atom is 0.241 e. The molecule has 0 amide bonds. The molecule has 0 aliphatic carbocycles. The van der Waals surface area contributed by atoms with Crippen LogP contribution in [-0.2, 0) is 19.0 Å². The molecule has 1 heterocycles. The van der Waals surface area contributed by atoms with Crippen molar-refractivity contribution < 1.29 is 0 Å². The van der Waals surface area contributed by atoms with E-state index in [0.29, 0.717) is 18.5 Å². The molecule has 4 heteroatoms. The zero-order valence-electron chi connectivity index (χ0n) is 31.1. The summed E-state index contributed by atoms with van der Waals surface area (Å²) in [6.45, 7) is 9.51. The van der Waals surface area contributed by atoms with Crippen LogP contribution in [0.25, 0.3) is 0 Å². The van der Waals surface area contributed by atoms with E-state index >= 15 is 0 Å². The van der Waals surface area contributed by atoms with E-state index < -0.39 is 8.07 Å². The lowest BCUT2D eigenvalue weighted by atomic mass is 9.37. The van der Waals surface area contributed by atoms with Gasteiger partial charge in [-0.1, -0.05) is 214 Å². The van der Waals surface area contributed by atoms with Crippen LogP contribution < -0.4 is 31.9 Å². The summed E-state index contributed by atoms with van der Waals surface area (Å²) < 4.78 is 2.28. The second-order valence-electron chi connectivity index (χ2n) is 14.8. The SMILES string of the molecule is CC(C)Cc1cccc([Si](Cn2ccnc2)(c2ccccc2)c2cccc(CC(C)C)c2)c1.c1ccc(B(c2ccccc2)c2ccccc2)cc1. The summed E-state index contributed by atoms with van der Waals surface area (Å²) >= 11 is 0. The molecule has 7 aromatic rings. The van der Waals surface area contributed by atoms with Crippen molar-refractivity contribution in [3.8, 4) is 0 Å². The first kappa shape index (κ1) is 36.6. The maximum absolute atomic E-state index is 4.39. The summed E-state index contributed by atoms with van der Waals surface area (Å²) in [4.78, 5) is 4.39. The molecule has 52 heavy (non-hydrogen) atoms. The van der Waals surface area contributed by atoms with Crippen molar-refractivity contribution in [1.82, 2.24) is 9.55 Å². The molecule has 1 aromatic heterocycles. The highest BCUT2D eigenvalue weighted by Crippen LogP contribution is 2.16. The Bertz CT molecular complexity index is 1910. The van der Waals surface area contributed by atoms with Crippen LogP contribution in [0.2, 0.25) is 0 Å². The Morgan fingerprint density at radius 2 is 0.904 bits per heavy atom. The van der Waals surface area contributed by atoms with Gasteiger partial charge in [0.1, 0.15) is 0 Å². The lowest BCUT2D eigenvalue weighted by molar-refractivity contribution is 0.647. The van der Waals surface area contributed by atoms with Crippen LogP contribution in [0.1, 0.15) is 38.8 Å². The lowest BCUT2D eigenvalue weighted by Crippen LogP contribution is -2.69. The summed E-state index contributed by atoms with van der Waals surface area (Å²) in [5.41, 5.74) is 6.86. The third-order valence-electron chi connectivity index (χ3n) is 9.77. The Hall–Kier alpha value is -5.19. The smallest absolute Gasteiger partial charge is 0.241 e. The normalized spacial score (nSPS) is 11.3. The Morgan fingerprint density at radius 3 is 1.29 bits per heavy atom. The Labute approximate surface area is 313 Å². The van der Waals surface area contributed by atoms with Crippen molar-refractivity contribution in [1.29, 1.82) is 0 Å². The molecular weight excluding hydrogens is 643 g/mol. The van der Waals surface area contributed by atoms with Crippen LogP contribution in [0.5, 0.6) is 0 Å². The molecule has 0 aliphatic rings. The second kappa shape index (κ2) is 17.8. The number of hydrogen-bond acceptors (Lipinski definition) is 1. The number of aromatic nitrogens is 2. The minimum atomic E-state index is -2.37. The fraction of sp³-hybridized carbons (Fsp3) is 0.188. The Kier molecular flexibility index (Phi) is 12.6. The third-order valence-corrected chi connectivity index (χ3v) is 14.5. The van der Waals surface area contributed by atoms with Gasteiger partial charge in [-0.2, -0.15) is 0 Å². The molecular formula is C48H51BN2Si. The van der Waals surface area contributed by atoms with Gasteiger partial charge in [0.2, 0.25) is 6.71 Å². The van der Waals surface area contributed by atoms with E-state index in [1.807, 2.05) is 12.5 Å². The van der Waals surface area contributed by atoms with Crippen molar-refractivity contribution in [2.75, 3.05) is 0 Å². The minimum absolute atomic E-state index is 0.309. The monoisotopic (exact) mass is 694 g/mol. The van der Waals surface area contributed by atoms with E-state index in [1.165, 1.54) is 43.1 Å². The van der Waals surface area contributed by atoms with Crippen molar-refractivity contribution in [3.63, 3.8) is 0 Å². The number of rotatable bonds is 12. The van der Waals surface area contributed by atoms with Gasteiger partial charge >= 0.3 is 0 Å². The molecule has 2 nitrogen and oxygen atoms in total. The maximum atomic E-state index is 4.39. The molecule has 0 fully saturated rings. The fourth-order valence-corrected chi connectivity index (χ4v) is 12.2. The van der Waals surface area contributed by atoms with Crippen LogP contribution in [0, 0.1) is 11.8 Å². The van der Waals surface area contributed by atoms with Crippen LogP contribution in [0.4, 0.5) is 0 Å². The van der Waals surface area contributed by atoms with Gasteiger partial charge < -0.3 is 4.57 Å².